The van der Waals surface area contributed by atoms with Gasteiger partial charge >= 0.3 is 6.18 Å². The van der Waals surface area contributed by atoms with Crippen LogP contribution in [0.2, 0.25) is 0 Å². The number of alkyl halides is 3. The van der Waals surface area contributed by atoms with Crippen LogP contribution < -0.4 is 11.1 Å². The lowest BCUT2D eigenvalue weighted by Gasteiger charge is -2.15. The molecular formula is C25H18F4N4O. The zero-order chi connectivity index (χ0) is 24.3. The molecule has 0 aliphatic rings. The number of rotatable bonds is 6. The largest absolute Gasteiger partial charge is 0.416 e. The molecular weight excluding hydrogens is 448 g/mol. The molecule has 4 aromatic rings. The van der Waals surface area contributed by atoms with Gasteiger partial charge in [-0.25, -0.2) is 14.4 Å². The summed E-state index contributed by atoms with van der Waals surface area (Å²) >= 11 is 0. The highest BCUT2D eigenvalue weighted by atomic mass is 19.4. The Morgan fingerprint density at radius 1 is 0.912 bits per heavy atom. The lowest BCUT2D eigenvalue weighted by atomic mass is 9.96. The molecule has 0 unspecified atom stereocenters. The van der Waals surface area contributed by atoms with Crippen LogP contribution >= 0.6 is 0 Å². The van der Waals surface area contributed by atoms with Crippen molar-refractivity contribution < 1.29 is 22.4 Å². The Morgan fingerprint density at radius 3 is 2.21 bits per heavy atom. The lowest BCUT2D eigenvalue weighted by molar-refractivity contribution is -0.137. The maximum atomic E-state index is 13.5. The summed E-state index contributed by atoms with van der Waals surface area (Å²) in [6.45, 7) is 0. The Labute approximate surface area is 192 Å². The molecule has 172 valence electrons. The van der Waals surface area contributed by atoms with Crippen molar-refractivity contribution >= 4 is 17.5 Å². The molecule has 0 radical (unpaired) electrons. The van der Waals surface area contributed by atoms with E-state index in [-0.39, 0.29) is 23.7 Å². The number of amides is 1. The summed E-state index contributed by atoms with van der Waals surface area (Å²) in [5.41, 5.74) is 7.76. The van der Waals surface area contributed by atoms with Crippen LogP contribution in [0.25, 0.3) is 11.1 Å². The molecule has 0 fully saturated rings. The van der Waals surface area contributed by atoms with Crippen LogP contribution in [0.5, 0.6) is 0 Å². The fourth-order valence-corrected chi connectivity index (χ4v) is 3.47. The standard InChI is InChI=1S/C25H18F4N4O/c26-19-4-1-3-16(12-19)17-13-31-24(32-14-17)33-22-6-2-5-20(23(30)34)21(22)11-15-7-9-18(10-8-15)25(27,28)29/h1-10,12-14H,11H2,(H2,30,34)(H,31,32,33). The number of primary amides is 1. The number of hydrogen-bond donors (Lipinski definition) is 2. The van der Waals surface area contributed by atoms with Gasteiger partial charge < -0.3 is 11.1 Å². The Bertz CT molecular complexity index is 1320. The second-order valence-corrected chi connectivity index (χ2v) is 7.50. The smallest absolute Gasteiger partial charge is 0.366 e. The molecule has 1 aromatic heterocycles. The third-order valence-corrected chi connectivity index (χ3v) is 5.16. The fourth-order valence-electron chi connectivity index (χ4n) is 3.47. The van der Waals surface area contributed by atoms with E-state index < -0.39 is 17.6 Å². The van der Waals surface area contributed by atoms with E-state index in [1.54, 1.807) is 30.3 Å². The van der Waals surface area contributed by atoms with E-state index in [1.807, 2.05) is 0 Å². The van der Waals surface area contributed by atoms with E-state index in [0.717, 1.165) is 12.1 Å². The predicted octanol–water partition coefficient (Wildman–Crippen LogP) is 5.73. The number of nitrogens with two attached hydrogens (primary N) is 1. The van der Waals surface area contributed by atoms with Gasteiger partial charge in [-0.2, -0.15) is 13.2 Å². The highest BCUT2D eigenvalue weighted by molar-refractivity contribution is 5.96. The minimum absolute atomic E-state index is 0.154. The predicted molar refractivity (Wildman–Crippen MR) is 120 cm³/mol. The lowest BCUT2D eigenvalue weighted by Crippen LogP contribution is -2.15. The van der Waals surface area contributed by atoms with Crippen LogP contribution in [-0.2, 0) is 12.6 Å². The van der Waals surface area contributed by atoms with E-state index in [0.29, 0.717) is 27.9 Å². The second kappa shape index (κ2) is 9.30. The Kier molecular flexibility index (Phi) is 6.27. The van der Waals surface area contributed by atoms with Gasteiger partial charge in [0, 0.05) is 35.6 Å². The zero-order valence-electron chi connectivity index (χ0n) is 17.6. The van der Waals surface area contributed by atoms with Crippen LogP contribution in [-0.4, -0.2) is 15.9 Å². The molecule has 0 saturated carbocycles. The summed E-state index contributed by atoms with van der Waals surface area (Å²) < 4.78 is 52.1. The molecule has 34 heavy (non-hydrogen) atoms. The average molecular weight is 466 g/mol. The van der Waals surface area contributed by atoms with Gasteiger partial charge in [-0.05, 0) is 53.1 Å². The first kappa shape index (κ1) is 22.9. The van der Waals surface area contributed by atoms with Crippen LogP contribution in [0.15, 0.2) is 79.1 Å². The monoisotopic (exact) mass is 466 g/mol. The molecule has 0 aliphatic heterocycles. The third-order valence-electron chi connectivity index (χ3n) is 5.16. The molecule has 4 rings (SSSR count). The first-order valence-electron chi connectivity index (χ1n) is 10.1. The van der Waals surface area contributed by atoms with Crippen molar-refractivity contribution in [1.29, 1.82) is 0 Å². The number of halogens is 4. The van der Waals surface area contributed by atoms with Gasteiger partial charge in [0.25, 0.3) is 0 Å². The quantitative estimate of drug-likeness (QED) is 0.356. The molecule has 0 aliphatic carbocycles. The van der Waals surface area contributed by atoms with E-state index in [4.69, 9.17) is 5.73 Å². The van der Waals surface area contributed by atoms with Crippen molar-refractivity contribution in [2.45, 2.75) is 12.6 Å². The van der Waals surface area contributed by atoms with Crippen LogP contribution in [0.1, 0.15) is 27.0 Å². The maximum Gasteiger partial charge on any atom is 0.416 e. The van der Waals surface area contributed by atoms with Crippen LogP contribution in [0, 0.1) is 5.82 Å². The number of hydrogen-bond acceptors (Lipinski definition) is 4. The molecule has 1 heterocycles. The Hall–Kier alpha value is -4.27. The number of anilines is 2. The van der Waals surface area contributed by atoms with E-state index in [1.165, 1.54) is 36.7 Å². The first-order chi connectivity index (χ1) is 16.2. The SMILES string of the molecule is NC(=O)c1cccc(Nc2ncc(-c3cccc(F)c3)cn2)c1Cc1ccc(C(F)(F)F)cc1. The summed E-state index contributed by atoms with van der Waals surface area (Å²) in [7, 11) is 0. The van der Waals surface area contributed by atoms with Gasteiger partial charge in [0.1, 0.15) is 5.82 Å². The molecule has 1 amide bonds. The van der Waals surface area contributed by atoms with Gasteiger partial charge in [0.2, 0.25) is 11.9 Å². The summed E-state index contributed by atoms with van der Waals surface area (Å²) in [5.74, 6) is -0.834. The van der Waals surface area contributed by atoms with E-state index in [9.17, 15) is 22.4 Å². The van der Waals surface area contributed by atoms with Crippen LogP contribution in [0.3, 0.4) is 0 Å². The van der Waals surface area contributed by atoms with Gasteiger partial charge in [-0.3, -0.25) is 4.79 Å². The molecule has 5 nitrogen and oxygen atoms in total. The second-order valence-electron chi connectivity index (χ2n) is 7.50. The van der Waals surface area contributed by atoms with E-state index in [2.05, 4.69) is 15.3 Å². The van der Waals surface area contributed by atoms with Crippen molar-refractivity contribution in [3.05, 3.63) is 107 Å². The van der Waals surface area contributed by atoms with Crippen molar-refractivity contribution in [1.82, 2.24) is 9.97 Å². The molecule has 3 N–H and O–H groups in total. The highest BCUT2D eigenvalue weighted by Gasteiger charge is 2.30. The number of carbonyl (C=O) groups excluding carboxylic acids is 1. The van der Waals surface area contributed by atoms with Gasteiger partial charge in [-0.15, -0.1) is 0 Å². The van der Waals surface area contributed by atoms with Crippen molar-refractivity contribution in [2.75, 3.05) is 5.32 Å². The van der Waals surface area contributed by atoms with Gasteiger partial charge in [0.05, 0.1) is 5.56 Å². The molecule has 0 bridgehead atoms. The third kappa shape index (κ3) is 5.20. The summed E-state index contributed by atoms with van der Waals surface area (Å²) in [6, 6.07) is 15.6. The zero-order valence-corrected chi connectivity index (χ0v) is 17.6. The first-order valence-corrected chi connectivity index (χ1v) is 10.1. The highest BCUT2D eigenvalue weighted by Crippen LogP contribution is 2.31. The minimum atomic E-state index is -4.44. The number of nitrogens with zero attached hydrogens (tertiary/aromatic N) is 2. The van der Waals surface area contributed by atoms with Crippen molar-refractivity contribution in [3.8, 4) is 11.1 Å². The van der Waals surface area contributed by atoms with Gasteiger partial charge in [0.15, 0.2) is 0 Å². The summed E-state index contributed by atoms with van der Waals surface area (Å²) in [5, 5.41) is 3.03. The average Bonchev–Trinajstić information content (AvgIpc) is 2.80. The number of nitrogens with one attached hydrogen (secondary N) is 1. The minimum Gasteiger partial charge on any atom is -0.366 e. The van der Waals surface area contributed by atoms with Crippen LogP contribution in [0.4, 0.5) is 29.2 Å². The maximum absolute atomic E-state index is 13.5. The number of benzene rings is 3. The Balaban J connectivity index is 1.62. The number of carbonyl (C=O) groups is 1. The topological polar surface area (TPSA) is 80.9 Å². The van der Waals surface area contributed by atoms with Crippen molar-refractivity contribution in [3.63, 3.8) is 0 Å². The summed E-state index contributed by atoms with van der Waals surface area (Å²) in [4.78, 5) is 20.5. The molecule has 0 spiro atoms. The number of aromatic nitrogens is 2. The fraction of sp³-hybridized carbons (Fsp3) is 0.0800. The van der Waals surface area contributed by atoms with Gasteiger partial charge in [-0.1, -0.05) is 30.3 Å². The molecule has 0 saturated heterocycles. The normalized spacial score (nSPS) is 11.3. The summed E-state index contributed by atoms with van der Waals surface area (Å²) in [6.07, 6.45) is -1.23. The Morgan fingerprint density at radius 2 is 1.59 bits per heavy atom. The molecule has 3 aromatic carbocycles. The van der Waals surface area contributed by atoms with E-state index >= 15 is 0 Å². The van der Waals surface area contributed by atoms with Crippen molar-refractivity contribution in [2.24, 2.45) is 5.73 Å². The molecule has 9 heteroatoms. The molecule has 0 atom stereocenters.